The lowest BCUT2D eigenvalue weighted by Crippen LogP contribution is -2.48. The van der Waals surface area contributed by atoms with Gasteiger partial charge in [-0.3, -0.25) is 19.4 Å². The van der Waals surface area contributed by atoms with Crippen LogP contribution in [0.5, 0.6) is 0 Å². The molecule has 0 spiro atoms. The smallest absolute Gasteiger partial charge is 0.238 e. The fourth-order valence-electron chi connectivity index (χ4n) is 3.22. The van der Waals surface area contributed by atoms with E-state index in [0.717, 1.165) is 38.4 Å². The maximum Gasteiger partial charge on any atom is 0.238 e. The van der Waals surface area contributed by atoms with E-state index in [4.69, 9.17) is 0 Å². The van der Waals surface area contributed by atoms with Crippen LogP contribution in [0.25, 0.3) is 6.08 Å². The largest absolute Gasteiger partial charge is 0.325 e. The van der Waals surface area contributed by atoms with E-state index < -0.39 is 0 Å². The van der Waals surface area contributed by atoms with Gasteiger partial charge in [0.1, 0.15) is 0 Å². The molecule has 1 fully saturated rings. The third-order valence-corrected chi connectivity index (χ3v) is 4.88. The van der Waals surface area contributed by atoms with Crippen LogP contribution in [-0.4, -0.2) is 60.8 Å². The summed E-state index contributed by atoms with van der Waals surface area (Å²) in [6.45, 7) is 6.54. The molecule has 1 saturated heterocycles. The van der Waals surface area contributed by atoms with Crippen LogP contribution in [0, 0.1) is 0 Å². The Morgan fingerprint density at radius 1 is 0.929 bits per heavy atom. The second-order valence-corrected chi connectivity index (χ2v) is 7.07. The number of piperazine rings is 1. The molecular weight excluding hydrogens is 350 g/mol. The van der Waals surface area contributed by atoms with Crippen LogP contribution in [0.1, 0.15) is 22.8 Å². The second-order valence-electron chi connectivity index (χ2n) is 7.07. The first kappa shape index (κ1) is 20.0. The van der Waals surface area contributed by atoms with Crippen molar-refractivity contribution in [3.05, 3.63) is 71.8 Å². The highest BCUT2D eigenvalue weighted by molar-refractivity contribution is 5.96. The Morgan fingerprint density at radius 3 is 2.21 bits per heavy atom. The summed E-state index contributed by atoms with van der Waals surface area (Å²) in [5, 5.41) is 2.90. The average molecular weight is 377 g/mol. The summed E-state index contributed by atoms with van der Waals surface area (Å²) in [6.07, 6.45) is 4.35. The van der Waals surface area contributed by atoms with Crippen molar-refractivity contribution in [1.29, 1.82) is 0 Å². The molecule has 5 heteroatoms. The number of carbonyl (C=O) groups excluding carboxylic acids is 2. The van der Waals surface area contributed by atoms with Gasteiger partial charge in [0.2, 0.25) is 5.91 Å². The number of ketones is 1. The highest BCUT2D eigenvalue weighted by atomic mass is 16.2. The highest BCUT2D eigenvalue weighted by Gasteiger charge is 2.18. The van der Waals surface area contributed by atoms with E-state index in [1.807, 2.05) is 18.2 Å². The molecule has 0 atom stereocenters. The van der Waals surface area contributed by atoms with Crippen molar-refractivity contribution in [2.45, 2.75) is 6.92 Å². The molecule has 28 heavy (non-hydrogen) atoms. The number of rotatable bonds is 7. The third kappa shape index (κ3) is 6.15. The van der Waals surface area contributed by atoms with Crippen molar-refractivity contribution < 1.29 is 9.59 Å². The number of amides is 1. The van der Waals surface area contributed by atoms with Crippen LogP contribution in [0.3, 0.4) is 0 Å². The van der Waals surface area contributed by atoms with Gasteiger partial charge in [0, 0.05) is 44.0 Å². The number of nitrogens with zero attached hydrogens (tertiary/aromatic N) is 2. The van der Waals surface area contributed by atoms with E-state index in [1.165, 1.54) is 12.5 Å². The Morgan fingerprint density at radius 2 is 1.57 bits per heavy atom. The predicted molar refractivity (Wildman–Crippen MR) is 113 cm³/mol. The lowest BCUT2D eigenvalue weighted by molar-refractivity contribution is -0.117. The molecule has 146 valence electrons. The first-order valence-corrected chi connectivity index (χ1v) is 9.67. The minimum absolute atomic E-state index is 0.0204. The first-order valence-electron chi connectivity index (χ1n) is 9.67. The number of benzene rings is 2. The van der Waals surface area contributed by atoms with Gasteiger partial charge in [-0.05, 0) is 36.8 Å². The zero-order valence-corrected chi connectivity index (χ0v) is 16.3. The van der Waals surface area contributed by atoms with E-state index in [9.17, 15) is 9.59 Å². The van der Waals surface area contributed by atoms with Gasteiger partial charge in [0.25, 0.3) is 0 Å². The Labute approximate surface area is 166 Å². The van der Waals surface area contributed by atoms with Gasteiger partial charge in [-0.1, -0.05) is 42.5 Å². The molecule has 0 saturated carbocycles. The highest BCUT2D eigenvalue weighted by Crippen LogP contribution is 2.10. The van der Waals surface area contributed by atoms with Gasteiger partial charge < -0.3 is 5.32 Å². The van der Waals surface area contributed by atoms with Gasteiger partial charge in [-0.25, -0.2) is 0 Å². The number of hydrogen-bond acceptors (Lipinski definition) is 4. The first-order chi connectivity index (χ1) is 13.6. The fraction of sp³-hybridized carbons (Fsp3) is 0.304. The third-order valence-electron chi connectivity index (χ3n) is 4.88. The van der Waals surface area contributed by atoms with E-state index in [2.05, 4.69) is 39.4 Å². The molecule has 2 aromatic rings. The Bertz CT molecular complexity index is 808. The summed E-state index contributed by atoms with van der Waals surface area (Å²) >= 11 is 0. The predicted octanol–water partition coefficient (Wildman–Crippen LogP) is 3.16. The number of carbonyl (C=O) groups is 2. The standard InChI is InChI=1S/C23H27N3O2/c1-19(27)21-9-11-22(12-10-21)24-23(28)18-26-16-14-25(15-17-26)13-5-8-20-6-3-2-4-7-20/h2-12H,13-18H2,1H3,(H,24,28)/b8-5+. The monoisotopic (exact) mass is 377 g/mol. The van der Waals surface area contributed by atoms with Crippen molar-refractivity contribution in [2.75, 3.05) is 44.6 Å². The van der Waals surface area contributed by atoms with Crippen LogP contribution in [-0.2, 0) is 4.79 Å². The number of nitrogens with one attached hydrogen (secondary N) is 1. The molecule has 0 unspecified atom stereocenters. The summed E-state index contributed by atoms with van der Waals surface area (Å²) in [4.78, 5) is 28.1. The quantitative estimate of drug-likeness (QED) is 0.753. The molecule has 3 rings (SSSR count). The number of anilines is 1. The maximum absolute atomic E-state index is 12.3. The Kier molecular flexibility index (Phi) is 7.12. The molecule has 0 aliphatic carbocycles. The lowest BCUT2D eigenvalue weighted by Gasteiger charge is -2.33. The summed E-state index contributed by atoms with van der Waals surface area (Å²) in [5.74, 6) is 0.00218. The molecule has 1 heterocycles. The van der Waals surface area contributed by atoms with Crippen molar-refractivity contribution in [3.63, 3.8) is 0 Å². The van der Waals surface area contributed by atoms with Gasteiger partial charge in [-0.15, -0.1) is 0 Å². The summed E-state index contributed by atoms with van der Waals surface area (Å²) in [7, 11) is 0. The zero-order valence-electron chi connectivity index (χ0n) is 16.3. The van der Waals surface area contributed by atoms with Crippen LogP contribution in [0.4, 0.5) is 5.69 Å². The minimum Gasteiger partial charge on any atom is -0.325 e. The molecule has 2 aromatic carbocycles. The molecule has 5 nitrogen and oxygen atoms in total. The molecule has 1 aliphatic rings. The van der Waals surface area contributed by atoms with Crippen LogP contribution >= 0.6 is 0 Å². The summed E-state index contributed by atoms with van der Waals surface area (Å²) in [5.41, 5.74) is 2.59. The molecular formula is C23H27N3O2. The van der Waals surface area contributed by atoms with E-state index in [0.29, 0.717) is 12.1 Å². The molecule has 0 aromatic heterocycles. The summed E-state index contributed by atoms with van der Waals surface area (Å²) < 4.78 is 0. The van der Waals surface area contributed by atoms with Crippen molar-refractivity contribution in [1.82, 2.24) is 9.80 Å². The second kappa shape index (κ2) is 9.97. The number of hydrogen-bond donors (Lipinski definition) is 1. The molecule has 0 radical (unpaired) electrons. The molecule has 1 N–H and O–H groups in total. The van der Waals surface area contributed by atoms with Gasteiger partial charge in [0.05, 0.1) is 6.54 Å². The minimum atomic E-state index is -0.0204. The number of Topliss-reactive ketones (excluding diaryl/α,β-unsaturated/α-hetero) is 1. The summed E-state index contributed by atoms with van der Waals surface area (Å²) in [6, 6.07) is 17.3. The van der Waals surface area contributed by atoms with Gasteiger partial charge in [-0.2, -0.15) is 0 Å². The molecule has 0 bridgehead atoms. The van der Waals surface area contributed by atoms with Crippen molar-refractivity contribution in [2.24, 2.45) is 0 Å². The van der Waals surface area contributed by atoms with Gasteiger partial charge in [0.15, 0.2) is 5.78 Å². The van der Waals surface area contributed by atoms with Gasteiger partial charge >= 0.3 is 0 Å². The van der Waals surface area contributed by atoms with E-state index in [-0.39, 0.29) is 11.7 Å². The zero-order chi connectivity index (χ0) is 19.8. The fourth-order valence-corrected chi connectivity index (χ4v) is 3.22. The molecule has 1 amide bonds. The normalized spacial score (nSPS) is 15.6. The average Bonchev–Trinajstić information content (AvgIpc) is 2.70. The topological polar surface area (TPSA) is 52.7 Å². The maximum atomic E-state index is 12.3. The Balaban J connectivity index is 1.38. The lowest BCUT2D eigenvalue weighted by atomic mass is 10.1. The van der Waals surface area contributed by atoms with Crippen molar-refractivity contribution in [3.8, 4) is 0 Å². The van der Waals surface area contributed by atoms with Crippen LogP contribution < -0.4 is 5.32 Å². The SMILES string of the molecule is CC(=O)c1ccc(NC(=O)CN2CCN(C/C=C/c3ccccc3)CC2)cc1. The molecule has 1 aliphatic heterocycles. The van der Waals surface area contributed by atoms with Crippen LogP contribution in [0.2, 0.25) is 0 Å². The van der Waals surface area contributed by atoms with E-state index in [1.54, 1.807) is 24.3 Å². The van der Waals surface area contributed by atoms with Crippen LogP contribution in [0.15, 0.2) is 60.7 Å². The Hall–Kier alpha value is -2.76. The van der Waals surface area contributed by atoms with E-state index >= 15 is 0 Å². The van der Waals surface area contributed by atoms with Crippen molar-refractivity contribution >= 4 is 23.5 Å².